The molecule has 1 rings (SSSR count). The minimum atomic E-state index is -0.531. The molecule has 0 aliphatic carbocycles. The number of aromatic nitrogens is 2. The normalized spacial score (nSPS) is 12.3. The third-order valence-electron chi connectivity index (χ3n) is 2.98. The van der Waals surface area contributed by atoms with Crippen molar-refractivity contribution in [3.63, 3.8) is 0 Å². The summed E-state index contributed by atoms with van der Waals surface area (Å²) in [6.45, 7) is 4.39. The van der Waals surface area contributed by atoms with Crippen LogP contribution in [0, 0.1) is 5.92 Å². The van der Waals surface area contributed by atoms with Crippen LogP contribution in [0.3, 0.4) is 0 Å². The number of hydrogen-bond acceptors (Lipinski definition) is 6. The fourth-order valence-corrected chi connectivity index (χ4v) is 2.07. The largest absolute Gasteiger partial charge is 0.468 e. The van der Waals surface area contributed by atoms with Crippen LogP contribution in [0.15, 0.2) is 15.5 Å². The molecule has 0 radical (unpaired) electrons. The van der Waals surface area contributed by atoms with E-state index in [2.05, 4.69) is 44.9 Å². The van der Waals surface area contributed by atoms with Gasteiger partial charge in [0.1, 0.15) is 11.0 Å². The van der Waals surface area contributed by atoms with Gasteiger partial charge in [0.2, 0.25) is 0 Å². The van der Waals surface area contributed by atoms with Crippen molar-refractivity contribution in [2.45, 2.75) is 26.4 Å². The predicted molar refractivity (Wildman–Crippen MR) is 82.3 cm³/mol. The van der Waals surface area contributed by atoms with Crippen LogP contribution in [-0.2, 0) is 20.8 Å². The standard InChI is InChI=1S/C13H20BrN3O4/c1-8(2)10(7-20-3)16-9-5-15-17(6-11(18)21-4)13(19)12(9)14/h5,8,10,16H,6-7H2,1-4H3. The Morgan fingerprint density at radius 3 is 2.67 bits per heavy atom. The van der Waals surface area contributed by atoms with E-state index in [1.54, 1.807) is 7.11 Å². The lowest BCUT2D eigenvalue weighted by Crippen LogP contribution is -2.33. The van der Waals surface area contributed by atoms with Gasteiger partial charge in [-0.15, -0.1) is 0 Å². The highest BCUT2D eigenvalue weighted by molar-refractivity contribution is 9.10. The van der Waals surface area contributed by atoms with Gasteiger partial charge in [-0.25, -0.2) is 4.68 Å². The van der Waals surface area contributed by atoms with Crippen molar-refractivity contribution in [3.05, 3.63) is 21.0 Å². The van der Waals surface area contributed by atoms with Gasteiger partial charge in [-0.2, -0.15) is 5.10 Å². The maximum absolute atomic E-state index is 12.1. The zero-order valence-corrected chi connectivity index (χ0v) is 14.1. The predicted octanol–water partition coefficient (Wildman–Crippen LogP) is 1.26. The van der Waals surface area contributed by atoms with Gasteiger partial charge >= 0.3 is 5.97 Å². The van der Waals surface area contributed by atoms with Gasteiger partial charge in [0, 0.05) is 7.11 Å². The van der Waals surface area contributed by atoms with Gasteiger partial charge in [-0.3, -0.25) is 9.59 Å². The van der Waals surface area contributed by atoms with Gasteiger partial charge in [0.05, 0.1) is 31.6 Å². The number of methoxy groups -OCH3 is 2. The van der Waals surface area contributed by atoms with E-state index in [0.29, 0.717) is 22.7 Å². The van der Waals surface area contributed by atoms with E-state index in [-0.39, 0.29) is 12.6 Å². The molecule has 118 valence electrons. The van der Waals surface area contributed by atoms with Crippen molar-refractivity contribution in [1.29, 1.82) is 0 Å². The Labute approximate surface area is 131 Å². The van der Waals surface area contributed by atoms with Crippen molar-refractivity contribution < 1.29 is 14.3 Å². The van der Waals surface area contributed by atoms with Crippen LogP contribution >= 0.6 is 15.9 Å². The number of hydrogen-bond donors (Lipinski definition) is 1. The molecule has 0 amide bonds. The summed E-state index contributed by atoms with van der Waals surface area (Å²) in [4.78, 5) is 23.3. The van der Waals surface area contributed by atoms with Crippen LogP contribution in [0.5, 0.6) is 0 Å². The van der Waals surface area contributed by atoms with E-state index >= 15 is 0 Å². The Kier molecular flexibility index (Phi) is 6.83. The van der Waals surface area contributed by atoms with Crippen LogP contribution in [0.25, 0.3) is 0 Å². The monoisotopic (exact) mass is 361 g/mol. The maximum Gasteiger partial charge on any atom is 0.327 e. The first-order chi connectivity index (χ1) is 9.90. The number of halogens is 1. The summed E-state index contributed by atoms with van der Waals surface area (Å²) in [5.74, 6) is -0.217. The van der Waals surface area contributed by atoms with Crippen molar-refractivity contribution >= 4 is 27.6 Å². The lowest BCUT2D eigenvalue weighted by atomic mass is 10.1. The van der Waals surface area contributed by atoms with Crippen LogP contribution in [-0.4, -0.2) is 42.6 Å². The molecule has 1 heterocycles. The minimum Gasteiger partial charge on any atom is -0.468 e. The first-order valence-electron chi connectivity index (χ1n) is 6.48. The molecular weight excluding hydrogens is 342 g/mol. The van der Waals surface area contributed by atoms with Crippen LogP contribution in [0.2, 0.25) is 0 Å². The molecule has 7 nitrogen and oxygen atoms in total. The summed E-state index contributed by atoms with van der Waals surface area (Å²) >= 11 is 3.24. The number of carbonyl (C=O) groups is 1. The molecule has 1 unspecified atom stereocenters. The summed E-state index contributed by atoms with van der Waals surface area (Å²) < 4.78 is 11.0. The molecule has 0 aliphatic heterocycles. The van der Waals surface area contributed by atoms with Gasteiger partial charge < -0.3 is 14.8 Å². The van der Waals surface area contributed by atoms with E-state index in [4.69, 9.17) is 4.74 Å². The van der Waals surface area contributed by atoms with Gasteiger partial charge in [-0.1, -0.05) is 13.8 Å². The summed E-state index contributed by atoms with van der Waals surface area (Å²) in [5, 5.41) is 7.19. The molecule has 0 fully saturated rings. The number of nitrogens with one attached hydrogen (secondary N) is 1. The van der Waals surface area contributed by atoms with Gasteiger partial charge in [-0.05, 0) is 21.8 Å². The smallest absolute Gasteiger partial charge is 0.327 e. The second kappa shape index (κ2) is 8.14. The Hall–Kier alpha value is -1.41. The molecule has 0 saturated carbocycles. The van der Waals surface area contributed by atoms with Crippen molar-refractivity contribution in [2.24, 2.45) is 5.92 Å². The third kappa shape index (κ3) is 4.82. The molecule has 1 atom stereocenters. The van der Waals surface area contributed by atoms with Crippen molar-refractivity contribution in [1.82, 2.24) is 9.78 Å². The number of ether oxygens (including phenoxy) is 2. The number of anilines is 1. The Balaban J connectivity index is 2.98. The molecule has 8 heteroatoms. The minimum absolute atomic E-state index is 0.0453. The van der Waals surface area contributed by atoms with E-state index in [1.165, 1.54) is 13.3 Å². The molecule has 1 aromatic heterocycles. The maximum atomic E-state index is 12.1. The zero-order chi connectivity index (χ0) is 16.0. The molecule has 0 aliphatic rings. The number of carbonyl (C=O) groups excluding carboxylic acids is 1. The van der Waals surface area contributed by atoms with Gasteiger partial charge in [0.15, 0.2) is 0 Å². The molecule has 0 saturated heterocycles. The van der Waals surface area contributed by atoms with E-state index in [9.17, 15) is 9.59 Å². The average Bonchev–Trinajstić information content (AvgIpc) is 2.45. The summed E-state index contributed by atoms with van der Waals surface area (Å²) in [6.07, 6.45) is 1.50. The highest BCUT2D eigenvalue weighted by Crippen LogP contribution is 2.19. The highest BCUT2D eigenvalue weighted by Gasteiger charge is 2.17. The first-order valence-corrected chi connectivity index (χ1v) is 7.27. The third-order valence-corrected chi connectivity index (χ3v) is 3.75. The van der Waals surface area contributed by atoms with Gasteiger partial charge in [0.25, 0.3) is 5.56 Å². The molecule has 1 aromatic rings. The van der Waals surface area contributed by atoms with E-state index in [1.807, 2.05) is 0 Å². The van der Waals surface area contributed by atoms with Crippen LogP contribution in [0.1, 0.15) is 13.8 Å². The Morgan fingerprint density at radius 1 is 1.48 bits per heavy atom. The highest BCUT2D eigenvalue weighted by atomic mass is 79.9. The molecule has 1 N–H and O–H groups in total. The summed E-state index contributed by atoms with van der Waals surface area (Å²) in [7, 11) is 2.88. The quantitative estimate of drug-likeness (QED) is 0.736. The average molecular weight is 362 g/mol. The van der Waals surface area contributed by atoms with Crippen molar-refractivity contribution in [2.75, 3.05) is 26.1 Å². The summed E-state index contributed by atoms with van der Waals surface area (Å²) in [6, 6.07) is 0.0453. The second-order valence-corrected chi connectivity index (χ2v) is 5.65. The summed E-state index contributed by atoms with van der Waals surface area (Å²) in [5.41, 5.74) is 0.169. The molecule has 21 heavy (non-hydrogen) atoms. The molecular formula is C13H20BrN3O4. The Bertz CT molecular complexity index is 545. The fourth-order valence-electron chi connectivity index (χ4n) is 1.65. The lowest BCUT2D eigenvalue weighted by molar-refractivity contribution is -0.141. The fraction of sp³-hybridized carbons (Fsp3) is 0.615. The van der Waals surface area contributed by atoms with Crippen molar-refractivity contribution in [3.8, 4) is 0 Å². The molecule has 0 bridgehead atoms. The first kappa shape index (κ1) is 17.6. The number of nitrogens with zero attached hydrogens (tertiary/aromatic N) is 2. The van der Waals surface area contributed by atoms with E-state index in [0.717, 1.165) is 4.68 Å². The zero-order valence-electron chi connectivity index (χ0n) is 12.6. The Morgan fingerprint density at radius 2 is 2.14 bits per heavy atom. The lowest BCUT2D eigenvalue weighted by Gasteiger charge is -2.23. The topological polar surface area (TPSA) is 82.4 Å². The van der Waals surface area contributed by atoms with Crippen LogP contribution in [0.4, 0.5) is 5.69 Å². The SMILES string of the molecule is COCC(Nc1cnn(CC(=O)OC)c(=O)c1Br)C(C)C. The number of rotatable bonds is 7. The van der Waals surface area contributed by atoms with Crippen LogP contribution < -0.4 is 10.9 Å². The molecule has 0 spiro atoms. The van der Waals surface area contributed by atoms with E-state index < -0.39 is 11.5 Å². The molecule has 0 aromatic carbocycles. The second-order valence-electron chi connectivity index (χ2n) is 4.86. The number of esters is 1.